The molecule has 0 rings (SSSR count). The second-order valence-corrected chi connectivity index (χ2v) is 16.7. The third-order valence-electron chi connectivity index (χ3n) is 10.8. The summed E-state index contributed by atoms with van der Waals surface area (Å²) in [6.07, 6.45) is 56.6. The summed E-state index contributed by atoms with van der Waals surface area (Å²) >= 11 is 0. The third-order valence-corrected chi connectivity index (χ3v) is 10.8. The van der Waals surface area contributed by atoms with Gasteiger partial charge in [-0.25, -0.2) is 0 Å². The van der Waals surface area contributed by atoms with Gasteiger partial charge in [-0.1, -0.05) is 204 Å². The van der Waals surface area contributed by atoms with Gasteiger partial charge in [0.05, 0.1) is 0 Å². The summed E-state index contributed by atoms with van der Waals surface area (Å²) in [5.41, 5.74) is 0. The van der Waals surface area contributed by atoms with Crippen LogP contribution < -0.4 is 0 Å². The lowest BCUT2D eigenvalue weighted by atomic mass is 10.0. The van der Waals surface area contributed by atoms with Crippen molar-refractivity contribution in [2.45, 2.75) is 258 Å². The summed E-state index contributed by atoms with van der Waals surface area (Å²) in [5.74, 6) is -0.909. The number of esters is 3. The highest BCUT2D eigenvalue weighted by Crippen LogP contribution is 2.15. The van der Waals surface area contributed by atoms with Gasteiger partial charge in [0.2, 0.25) is 0 Å². The van der Waals surface area contributed by atoms with Crippen molar-refractivity contribution in [3.8, 4) is 0 Å². The summed E-state index contributed by atoms with van der Waals surface area (Å²) in [6.45, 7) is 6.55. The highest BCUT2D eigenvalue weighted by atomic mass is 16.6. The van der Waals surface area contributed by atoms with E-state index in [9.17, 15) is 14.4 Å². The number of carbonyl (C=O) groups is 3. The summed E-state index contributed by atoms with van der Waals surface area (Å²) in [4.78, 5) is 37.9. The fraction of sp³-hybridized carbons (Fsp3) is 0.792. The fourth-order valence-corrected chi connectivity index (χ4v) is 6.96. The molecule has 0 aliphatic carbocycles. The van der Waals surface area contributed by atoms with Gasteiger partial charge in [0.25, 0.3) is 0 Å². The lowest BCUT2D eigenvalue weighted by Crippen LogP contribution is -2.30. The summed E-state index contributed by atoms with van der Waals surface area (Å²) in [5, 5.41) is 0. The van der Waals surface area contributed by atoms with Crippen LogP contribution in [0.15, 0.2) is 48.6 Å². The quantitative estimate of drug-likeness (QED) is 0.0263. The Hall–Kier alpha value is -2.63. The van der Waals surface area contributed by atoms with Gasteiger partial charge >= 0.3 is 17.9 Å². The Labute approximate surface area is 365 Å². The molecule has 0 saturated carbocycles. The van der Waals surface area contributed by atoms with Gasteiger partial charge in [0.1, 0.15) is 13.2 Å². The van der Waals surface area contributed by atoms with E-state index in [1.165, 1.54) is 116 Å². The first kappa shape index (κ1) is 56.4. The van der Waals surface area contributed by atoms with Gasteiger partial charge in [-0.15, -0.1) is 0 Å². The van der Waals surface area contributed by atoms with Crippen molar-refractivity contribution in [2.24, 2.45) is 0 Å². The molecule has 0 bridgehead atoms. The van der Waals surface area contributed by atoms with Crippen molar-refractivity contribution in [3.63, 3.8) is 0 Å². The average Bonchev–Trinajstić information content (AvgIpc) is 3.23. The molecule has 0 aromatic heterocycles. The predicted molar refractivity (Wildman–Crippen MR) is 252 cm³/mol. The lowest BCUT2D eigenvalue weighted by Gasteiger charge is -2.18. The number of carbonyl (C=O) groups excluding carboxylic acids is 3. The SMILES string of the molecule is CCCC/C=C\CCCCCCCC(=O)O[C@H](COC(=O)CCCCCC/C=C\C/C=C\C/C=C\CCCCC)COC(=O)CCCCCCCCCCCCCCC. The maximum atomic E-state index is 12.7. The summed E-state index contributed by atoms with van der Waals surface area (Å²) in [7, 11) is 0. The molecule has 0 aliphatic rings. The molecule has 0 aliphatic heterocycles. The predicted octanol–water partition coefficient (Wildman–Crippen LogP) is 16.3. The molecule has 0 aromatic carbocycles. The molecule has 1 atom stereocenters. The van der Waals surface area contributed by atoms with Crippen LogP contribution in [0.4, 0.5) is 0 Å². The Morgan fingerprint density at radius 1 is 0.339 bits per heavy atom. The topological polar surface area (TPSA) is 78.9 Å². The minimum atomic E-state index is -0.782. The van der Waals surface area contributed by atoms with E-state index in [2.05, 4.69) is 69.4 Å². The average molecular weight is 827 g/mol. The molecule has 59 heavy (non-hydrogen) atoms. The van der Waals surface area contributed by atoms with Crippen molar-refractivity contribution in [1.82, 2.24) is 0 Å². The molecule has 0 amide bonds. The van der Waals surface area contributed by atoms with Crippen molar-refractivity contribution < 1.29 is 28.6 Å². The van der Waals surface area contributed by atoms with Gasteiger partial charge in [0, 0.05) is 19.3 Å². The normalized spacial score (nSPS) is 12.4. The molecule has 0 saturated heterocycles. The molecule has 0 spiro atoms. The van der Waals surface area contributed by atoms with Gasteiger partial charge < -0.3 is 14.2 Å². The number of ether oxygens (including phenoxy) is 3. The number of allylic oxidation sites excluding steroid dienone is 8. The number of unbranched alkanes of at least 4 members (excludes halogenated alkanes) is 26. The van der Waals surface area contributed by atoms with E-state index >= 15 is 0 Å². The van der Waals surface area contributed by atoms with E-state index < -0.39 is 6.10 Å². The molecule has 0 aromatic rings. The minimum absolute atomic E-state index is 0.0818. The molecule has 342 valence electrons. The lowest BCUT2D eigenvalue weighted by molar-refractivity contribution is -0.167. The molecule has 6 nitrogen and oxygen atoms in total. The van der Waals surface area contributed by atoms with E-state index in [1.807, 2.05) is 0 Å². The second kappa shape index (κ2) is 48.0. The van der Waals surface area contributed by atoms with Gasteiger partial charge in [-0.2, -0.15) is 0 Å². The van der Waals surface area contributed by atoms with E-state index in [0.717, 1.165) is 96.3 Å². The summed E-state index contributed by atoms with van der Waals surface area (Å²) < 4.78 is 16.7. The van der Waals surface area contributed by atoms with Crippen molar-refractivity contribution in [1.29, 1.82) is 0 Å². The third kappa shape index (κ3) is 46.3. The number of rotatable bonds is 45. The number of hydrogen-bond acceptors (Lipinski definition) is 6. The van der Waals surface area contributed by atoms with Crippen molar-refractivity contribution in [2.75, 3.05) is 13.2 Å². The van der Waals surface area contributed by atoms with Crippen LogP contribution in [0.3, 0.4) is 0 Å². The van der Waals surface area contributed by atoms with Crippen LogP contribution in [0.5, 0.6) is 0 Å². The smallest absolute Gasteiger partial charge is 0.306 e. The molecule has 0 N–H and O–H groups in total. The van der Waals surface area contributed by atoms with Crippen LogP contribution in [0.2, 0.25) is 0 Å². The summed E-state index contributed by atoms with van der Waals surface area (Å²) in [6, 6.07) is 0. The van der Waals surface area contributed by atoms with Gasteiger partial charge in [-0.05, 0) is 77.0 Å². The molecular formula is C53H94O6. The Bertz CT molecular complexity index is 1040. The van der Waals surface area contributed by atoms with Crippen LogP contribution in [0, 0.1) is 0 Å². The first-order valence-electron chi connectivity index (χ1n) is 25.1. The van der Waals surface area contributed by atoms with Gasteiger partial charge in [-0.3, -0.25) is 14.4 Å². The van der Waals surface area contributed by atoms with Crippen LogP contribution in [0.1, 0.15) is 252 Å². The van der Waals surface area contributed by atoms with Crippen molar-refractivity contribution in [3.05, 3.63) is 48.6 Å². The Kier molecular flexibility index (Phi) is 45.9. The maximum absolute atomic E-state index is 12.7. The number of hydrogen-bond donors (Lipinski definition) is 0. The Morgan fingerprint density at radius 3 is 1.05 bits per heavy atom. The van der Waals surface area contributed by atoms with Crippen LogP contribution in [-0.4, -0.2) is 37.2 Å². The van der Waals surface area contributed by atoms with E-state index in [1.54, 1.807) is 0 Å². The minimum Gasteiger partial charge on any atom is -0.462 e. The van der Waals surface area contributed by atoms with E-state index in [-0.39, 0.29) is 31.1 Å². The Morgan fingerprint density at radius 2 is 0.627 bits per heavy atom. The van der Waals surface area contributed by atoms with E-state index in [4.69, 9.17) is 14.2 Å². The zero-order valence-corrected chi connectivity index (χ0v) is 39.0. The first-order valence-corrected chi connectivity index (χ1v) is 25.1. The molecule has 0 radical (unpaired) electrons. The van der Waals surface area contributed by atoms with Gasteiger partial charge in [0.15, 0.2) is 6.10 Å². The second-order valence-electron chi connectivity index (χ2n) is 16.7. The highest BCUT2D eigenvalue weighted by molar-refractivity contribution is 5.71. The zero-order valence-electron chi connectivity index (χ0n) is 39.0. The van der Waals surface area contributed by atoms with E-state index in [0.29, 0.717) is 19.3 Å². The monoisotopic (exact) mass is 827 g/mol. The van der Waals surface area contributed by atoms with Crippen LogP contribution in [-0.2, 0) is 28.6 Å². The Balaban J connectivity index is 4.38. The molecule has 0 heterocycles. The zero-order chi connectivity index (χ0) is 43.0. The molecule has 0 fully saturated rings. The molecule has 6 heteroatoms. The maximum Gasteiger partial charge on any atom is 0.306 e. The first-order chi connectivity index (χ1) is 29.0. The highest BCUT2D eigenvalue weighted by Gasteiger charge is 2.19. The molecular weight excluding hydrogens is 733 g/mol. The van der Waals surface area contributed by atoms with Crippen LogP contribution >= 0.6 is 0 Å². The van der Waals surface area contributed by atoms with Crippen LogP contribution in [0.25, 0.3) is 0 Å². The molecule has 0 unspecified atom stereocenters. The standard InChI is InChI=1S/C53H94O6/c1-4-7-10-13-16-19-22-24-25-26-27-29-32-34-37-40-43-46-52(55)58-49-50(59-53(56)47-44-41-38-35-30-21-18-15-12-9-6-3)48-57-51(54)45-42-39-36-33-31-28-23-20-17-14-11-8-5-2/h15-16,18-19,24-25,27,29,50H,4-14,17,20-23,26,28,30-49H2,1-3H3/b18-15-,19-16-,25-24-,29-27-/t50-/m0/s1. The fourth-order valence-electron chi connectivity index (χ4n) is 6.96. The largest absolute Gasteiger partial charge is 0.462 e. The van der Waals surface area contributed by atoms with Crippen molar-refractivity contribution >= 4 is 17.9 Å².